The van der Waals surface area contributed by atoms with Crippen LogP contribution in [0, 0.1) is 19.7 Å². The predicted octanol–water partition coefficient (Wildman–Crippen LogP) is 5.30. The molecule has 0 spiro atoms. The number of halogens is 1. The summed E-state index contributed by atoms with van der Waals surface area (Å²) in [6.07, 6.45) is 1.43. The number of anilines is 1. The fraction of sp³-hybridized carbons (Fsp3) is 0.308. The fourth-order valence-corrected chi connectivity index (χ4v) is 6.05. The molecule has 3 aromatic rings. The smallest absolute Gasteiger partial charge is 0.264 e. The van der Waals surface area contributed by atoms with E-state index in [4.69, 9.17) is 0 Å². The first-order valence-electron chi connectivity index (χ1n) is 11.0. The van der Waals surface area contributed by atoms with Gasteiger partial charge in [0, 0.05) is 25.7 Å². The molecule has 6 heteroatoms. The molecule has 4 nitrogen and oxygen atoms in total. The average Bonchev–Trinajstić information content (AvgIpc) is 2.77. The third-order valence-corrected chi connectivity index (χ3v) is 7.93. The Balaban J connectivity index is 1.57. The number of sulfonamides is 1. The molecule has 0 amide bonds. The molecule has 4 rings (SSSR count). The number of aryl methyl sites for hydroxylation is 2. The van der Waals surface area contributed by atoms with E-state index in [1.54, 1.807) is 36.4 Å². The molecule has 0 radical (unpaired) electrons. The van der Waals surface area contributed by atoms with Crippen molar-refractivity contribution in [1.29, 1.82) is 0 Å². The van der Waals surface area contributed by atoms with Crippen LogP contribution in [0.4, 0.5) is 10.1 Å². The van der Waals surface area contributed by atoms with E-state index in [-0.39, 0.29) is 16.8 Å². The van der Waals surface area contributed by atoms with Crippen LogP contribution in [0.1, 0.15) is 29.5 Å². The topological polar surface area (TPSA) is 40.6 Å². The van der Waals surface area contributed by atoms with E-state index in [0.717, 1.165) is 25.2 Å². The molecule has 0 atom stereocenters. The van der Waals surface area contributed by atoms with Crippen molar-refractivity contribution in [1.82, 2.24) is 4.90 Å². The number of benzene rings is 3. The second-order valence-corrected chi connectivity index (χ2v) is 10.4. The molecule has 32 heavy (non-hydrogen) atoms. The summed E-state index contributed by atoms with van der Waals surface area (Å²) in [5, 5.41) is 0. The Kier molecular flexibility index (Phi) is 6.63. The predicted molar refractivity (Wildman–Crippen MR) is 127 cm³/mol. The summed E-state index contributed by atoms with van der Waals surface area (Å²) < 4.78 is 42.4. The molecule has 0 saturated carbocycles. The minimum Gasteiger partial charge on any atom is -0.299 e. The van der Waals surface area contributed by atoms with Gasteiger partial charge in [0.25, 0.3) is 10.0 Å². The molecule has 0 N–H and O–H groups in total. The lowest BCUT2D eigenvalue weighted by Crippen LogP contribution is -2.47. The van der Waals surface area contributed by atoms with E-state index in [9.17, 15) is 12.8 Å². The van der Waals surface area contributed by atoms with Gasteiger partial charge in [-0.05, 0) is 68.7 Å². The van der Waals surface area contributed by atoms with Crippen LogP contribution in [-0.4, -0.2) is 32.4 Å². The number of likely N-dealkylation sites (tertiary alicyclic amines) is 1. The Morgan fingerprint density at radius 2 is 1.56 bits per heavy atom. The van der Waals surface area contributed by atoms with Crippen molar-refractivity contribution in [2.75, 3.05) is 17.4 Å². The van der Waals surface area contributed by atoms with Gasteiger partial charge in [-0.15, -0.1) is 0 Å². The largest absolute Gasteiger partial charge is 0.299 e. The maximum Gasteiger partial charge on any atom is 0.264 e. The van der Waals surface area contributed by atoms with Crippen LogP contribution in [-0.2, 0) is 16.6 Å². The molecule has 168 valence electrons. The van der Waals surface area contributed by atoms with Crippen LogP contribution in [0.15, 0.2) is 77.7 Å². The second-order valence-electron chi connectivity index (χ2n) is 8.59. The minimum atomic E-state index is -3.77. The molecule has 0 aliphatic carbocycles. The lowest BCUT2D eigenvalue weighted by Gasteiger charge is -2.39. The summed E-state index contributed by atoms with van der Waals surface area (Å²) in [5.74, 6) is -0.380. The fourth-order valence-electron chi connectivity index (χ4n) is 4.34. The first-order valence-corrected chi connectivity index (χ1v) is 12.4. The summed E-state index contributed by atoms with van der Waals surface area (Å²) in [6.45, 7) is 6.49. The lowest BCUT2D eigenvalue weighted by atomic mass is 10.0. The number of nitrogens with zero attached hydrogens (tertiary/aromatic N) is 2. The van der Waals surface area contributed by atoms with E-state index in [1.165, 1.54) is 27.6 Å². The average molecular weight is 453 g/mol. The molecule has 1 saturated heterocycles. The lowest BCUT2D eigenvalue weighted by molar-refractivity contribution is 0.206. The zero-order valence-electron chi connectivity index (χ0n) is 18.5. The van der Waals surface area contributed by atoms with Gasteiger partial charge in [-0.1, -0.05) is 47.5 Å². The first kappa shape index (κ1) is 22.5. The molecule has 3 aromatic carbocycles. The van der Waals surface area contributed by atoms with Crippen molar-refractivity contribution in [3.63, 3.8) is 0 Å². The Hall–Kier alpha value is -2.70. The molecular formula is C26H29FN2O2S. The highest BCUT2D eigenvalue weighted by atomic mass is 32.2. The normalized spacial score (nSPS) is 15.6. The molecule has 1 heterocycles. The van der Waals surface area contributed by atoms with E-state index in [1.807, 2.05) is 6.92 Å². The Bertz CT molecular complexity index is 1150. The number of piperidine rings is 1. The van der Waals surface area contributed by atoms with E-state index in [0.29, 0.717) is 18.5 Å². The van der Waals surface area contributed by atoms with E-state index >= 15 is 0 Å². The monoisotopic (exact) mass is 452 g/mol. The van der Waals surface area contributed by atoms with Crippen molar-refractivity contribution in [3.8, 4) is 0 Å². The van der Waals surface area contributed by atoms with Gasteiger partial charge in [0.1, 0.15) is 5.82 Å². The second kappa shape index (κ2) is 9.43. The number of rotatable bonds is 6. The molecule has 0 bridgehead atoms. The summed E-state index contributed by atoms with van der Waals surface area (Å²) in [5.41, 5.74) is 4.01. The molecular weight excluding hydrogens is 423 g/mol. The Labute approximate surface area is 190 Å². The maximum absolute atomic E-state index is 13.7. The van der Waals surface area contributed by atoms with Gasteiger partial charge in [-0.25, -0.2) is 12.8 Å². The van der Waals surface area contributed by atoms with Crippen LogP contribution < -0.4 is 4.31 Å². The third kappa shape index (κ3) is 5.03. The van der Waals surface area contributed by atoms with Crippen molar-refractivity contribution in [3.05, 3.63) is 95.3 Å². The van der Waals surface area contributed by atoms with Crippen molar-refractivity contribution < 1.29 is 12.8 Å². The van der Waals surface area contributed by atoms with Crippen molar-refractivity contribution in [2.24, 2.45) is 0 Å². The zero-order valence-corrected chi connectivity index (χ0v) is 19.4. The zero-order chi connectivity index (χ0) is 22.7. The van der Waals surface area contributed by atoms with Gasteiger partial charge in [0.05, 0.1) is 10.6 Å². The van der Waals surface area contributed by atoms with Gasteiger partial charge in [-0.3, -0.25) is 9.21 Å². The maximum atomic E-state index is 13.7. The molecule has 0 aromatic heterocycles. The van der Waals surface area contributed by atoms with Crippen LogP contribution in [0.2, 0.25) is 0 Å². The highest BCUT2D eigenvalue weighted by Crippen LogP contribution is 2.31. The quantitative estimate of drug-likeness (QED) is 0.509. The van der Waals surface area contributed by atoms with E-state index < -0.39 is 10.0 Å². The van der Waals surface area contributed by atoms with Gasteiger partial charge in [0.15, 0.2) is 0 Å². The summed E-state index contributed by atoms with van der Waals surface area (Å²) in [7, 11) is -3.77. The molecule has 0 unspecified atom stereocenters. The highest BCUT2D eigenvalue weighted by molar-refractivity contribution is 7.92. The SMILES string of the molecule is Cc1ccc(S(=O)(=O)N(c2ccc(F)cc2)C2CCN(Cc3cccc(C)c3)CC2)cc1. The van der Waals surface area contributed by atoms with Crippen molar-refractivity contribution in [2.45, 2.75) is 44.2 Å². The van der Waals surface area contributed by atoms with E-state index in [2.05, 4.69) is 36.1 Å². The molecule has 1 aliphatic heterocycles. The number of hydrogen-bond donors (Lipinski definition) is 0. The van der Waals surface area contributed by atoms with Crippen LogP contribution in [0.25, 0.3) is 0 Å². The third-order valence-electron chi connectivity index (χ3n) is 6.04. The first-order chi connectivity index (χ1) is 15.3. The number of hydrogen-bond acceptors (Lipinski definition) is 3. The van der Waals surface area contributed by atoms with Crippen molar-refractivity contribution >= 4 is 15.7 Å². The van der Waals surface area contributed by atoms with Gasteiger partial charge >= 0.3 is 0 Å². The molecule has 1 aliphatic rings. The van der Waals surface area contributed by atoms with Crippen LogP contribution in [0.5, 0.6) is 0 Å². The van der Waals surface area contributed by atoms with Crippen LogP contribution >= 0.6 is 0 Å². The highest BCUT2D eigenvalue weighted by Gasteiger charge is 2.34. The van der Waals surface area contributed by atoms with Gasteiger partial charge in [0.2, 0.25) is 0 Å². The summed E-state index contributed by atoms with van der Waals surface area (Å²) in [6, 6.07) is 21.0. The minimum absolute atomic E-state index is 0.180. The Morgan fingerprint density at radius 3 is 2.19 bits per heavy atom. The Morgan fingerprint density at radius 1 is 0.906 bits per heavy atom. The van der Waals surface area contributed by atoms with Gasteiger partial charge in [-0.2, -0.15) is 0 Å². The summed E-state index contributed by atoms with van der Waals surface area (Å²) in [4.78, 5) is 2.63. The van der Waals surface area contributed by atoms with Gasteiger partial charge < -0.3 is 0 Å². The standard InChI is InChI=1S/C26H29FN2O2S/c1-20-6-12-26(13-7-20)32(30,31)29(24-10-8-23(27)9-11-24)25-14-16-28(17-15-25)19-22-5-3-4-21(2)18-22/h3-13,18,25H,14-17,19H2,1-2H3. The summed E-state index contributed by atoms with van der Waals surface area (Å²) >= 11 is 0. The molecule has 1 fully saturated rings. The van der Waals surface area contributed by atoms with Crippen LogP contribution in [0.3, 0.4) is 0 Å².